The summed E-state index contributed by atoms with van der Waals surface area (Å²) in [5.74, 6) is -1.78. The Bertz CT molecular complexity index is 218. The van der Waals surface area contributed by atoms with Crippen LogP contribution in [0.1, 0.15) is 6.92 Å². The van der Waals surface area contributed by atoms with Crippen molar-refractivity contribution >= 4 is 5.97 Å². The molecule has 0 aromatic carbocycles. The van der Waals surface area contributed by atoms with Gasteiger partial charge in [0.1, 0.15) is 12.2 Å². The number of hydrogen-bond acceptors (Lipinski definition) is 5. The van der Waals surface area contributed by atoms with Gasteiger partial charge in [-0.15, -0.1) is 0 Å². The Labute approximate surface area is 80.7 Å². The van der Waals surface area contributed by atoms with E-state index in [9.17, 15) is 15.0 Å². The highest BCUT2D eigenvalue weighted by Crippen LogP contribution is 2.28. The van der Waals surface area contributed by atoms with Crippen molar-refractivity contribution in [1.82, 2.24) is 0 Å². The summed E-state index contributed by atoms with van der Waals surface area (Å²) in [5.41, 5.74) is 0. The molecule has 0 saturated carbocycles. The Hall–Kier alpha value is -0.690. The zero-order valence-corrected chi connectivity index (χ0v) is 7.70. The van der Waals surface area contributed by atoms with E-state index < -0.39 is 42.9 Å². The number of aliphatic hydroxyl groups is 3. The standard InChI is InChI=1S/C8H14O6/c1-3-5(11)7(4(10)2-9)14-6(3)8(12)13/h3-7,9-11H,2H2,1H3,(H,12,13)/t3-,4+,5+,6-,7+/m0/s1. The normalized spacial score (nSPS) is 39.7. The molecule has 6 heteroatoms. The Morgan fingerprint density at radius 2 is 2.14 bits per heavy atom. The lowest BCUT2D eigenvalue weighted by Crippen LogP contribution is -2.38. The second-order valence-electron chi connectivity index (χ2n) is 3.46. The van der Waals surface area contributed by atoms with Crippen LogP contribution in [-0.4, -0.2) is 57.4 Å². The summed E-state index contributed by atoms with van der Waals surface area (Å²) in [6.07, 6.45) is -4.48. The van der Waals surface area contributed by atoms with Crippen LogP contribution in [0.25, 0.3) is 0 Å². The summed E-state index contributed by atoms with van der Waals surface area (Å²) in [7, 11) is 0. The van der Waals surface area contributed by atoms with Gasteiger partial charge < -0.3 is 25.2 Å². The minimum Gasteiger partial charge on any atom is -0.479 e. The van der Waals surface area contributed by atoms with Crippen LogP contribution in [0.2, 0.25) is 0 Å². The van der Waals surface area contributed by atoms with E-state index in [4.69, 9.17) is 14.9 Å². The van der Waals surface area contributed by atoms with E-state index in [0.29, 0.717) is 0 Å². The first kappa shape index (κ1) is 11.4. The molecule has 14 heavy (non-hydrogen) atoms. The molecule has 1 rings (SSSR count). The lowest BCUT2D eigenvalue weighted by molar-refractivity contribution is -0.154. The Kier molecular flexibility index (Phi) is 3.43. The molecule has 0 aromatic rings. The monoisotopic (exact) mass is 206 g/mol. The van der Waals surface area contributed by atoms with Crippen LogP contribution in [0.15, 0.2) is 0 Å². The van der Waals surface area contributed by atoms with Crippen molar-refractivity contribution in [2.45, 2.75) is 31.3 Å². The number of hydrogen-bond donors (Lipinski definition) is 4. The van der Waals surface area contributed by atoms with Crippen LogP contribution in [0, 0.1) is 5.92 Å². The predicted molar refractivity (Wildman–Crippen MR) is 44.6 cm³/mol. The summed E-state index contributed by atoms with van der Waals surface area (Å²) >= 11 is 0. The van der Waals surface area contributed by atoms with Crippen molar-refractivity contribution in [3.05, 3.63) is 0 Å². The van der Waals surface area contributed by atoms with Gasteiger partial charge in [0.05, 0.1) is 12.7 Å². The Morgan fingerprint density at radius 1 is 1.57 bits per heavy atom. The number of aliphatic carboxylic acids is 1. The van der Waals surface area contributed by atoms with Gasteiger partial charge in [-0.1, -0.05) is 6.92 Å². The molecule has 0 aliphatic carbocycles. The van der Waals surface area contributed by atoms with Crippen LogP contribution in [-0.2, 0) is 9.53 Å². The molecule has 0 radical (unpaired) electrons. The first-order valence-corrected chi connectivity index (χ1v) is 4.34. The maximum Gasteiger partial charge on any atom is 0.333 e. The third-order valence-corrected chi connectivity index (χ3v) is 2.47. The number of ether oxygens (including phenoxy) is 1. The molecule has 0 bridgehead atoms. The van der Waals surface area contributed by atoms with Gasteiger partial charge in [0.25, 0.3) is 0 Å². The molecule has 0 spiro atoms. The van der Waals surface area contributed by atoms with Crippen molar-refractivity contribution in [3.63, 3.8) is 0 Å². The van der Waals surface area contributed by atoms with Gasteiger partial charge in [-0.05, 0) is 0 Å². The van der Waals surface area contributed by atoms with Gasteiger partial charge >= 0.3 is 5.97 Å². The molecule has 1 heterocycles. The molecule has 1 aliphatic heterocycles. The van der Waals surface area contributed by atoms with Crippen LogP contribution in [0.3, 0.4) is 0 Å². The molecule has 0 aromatic heterocycles. The van der Waals surface area contributed by atoms with E-state index in [1.54, 1.807) is 0 Å². The molecule has 0 amide bonds. The van der Waals surface area contributed by atoms with Crippen LogP contribution >= 0.6 is 0 Å². The quantitative estimate of drug-likeness (QED) is 0.433. The lowest BCUT2D eigenvalue weighted by Gasteiger charge is -2.18. The Morgan fingerprint density at radius 3 is 2.50 bits per heavy atom. The van der Waals surface area contributed by atoms with Crippen molar-refractivity contribution in [3.8, 4) is 0 Å². The van der Waals surface area contributed by atoms with E-state index in [0.717, 1.165) is 0 Å². The third kappa shape index (κ3) is 1.88. The van der Waals surface area contributed by atoms with E-state index in [1.807, 2.05) is 0 Å². The Balaban J connectivity index is 2.71. The van der Waals surface area contributed by atoms with Crippen molar-refractivity contribution < 1.29 is 30.0 Å². The number of carboxylic acids is 1. The summed E-state index contributed by atoms with van der Waals surface area (Å²) < 4.78 is 4.94. The number of aliphatic hydroxyl groups excluding tert-OH is 3. The molecule has 6 nitrogen and oxygen atoms in total. The summed E-state index contributed by atoms with van der Waals surface area (Å²) in [4.78, 5) is 10.6. The molecule has 1 saturated heterocycles. The second-order valence-corrected chi connectivity index (χ2v) is 3.46. The molecule has 82 valence electrons. The van der Waals surface area contributed by atoms with Gasteiger partial charge in [0.2, 0.25) is 0 Å². The lowest BCUT2D eigenvalue weighted by atomic mass is 9.96. The van der Waals surface area contributed by atoms with E-state index >= 15 is 0 Å². The van der Waals surface area contributed by atoms with Crippen LogP contribution in [0.5, 0.6) is 0 Å². The fourth-order valence-electron chi connectivity index (χ4n) is 1.56. The first-order valence-electron chi connectivity index (χ1n) is 4.34. The topological polar surface area (TPSA) is 107 Å². The largest absolute Gasteiger partial charge is 0.479 e. The molecule has 4 N–H and O–H groups in total. The van der Waals surface area contributed by atoms with E-state index in [2.05, 4.69) is 0 Å². The van der Waals surface area contributed by atoms with Gasteiger partial charge in [0, 0.05) is 5.92 Å². The van der Waals surface area contributed by atoms with Crippen molar-refractivity contribution in [2.75, 3.05) is 6.61 Å². The molecule has 1 fully saturated rings. The fourth-order valence-corrected chi connectivity index (χ4v) is 1.56. The SMILES string of the molecule is C[C@H]1[C@@H](O)[C@@H]([C@H](O)CO)O[C@@H]1C(=O)O. The minimum absolute atomic E-state index is 0.569. The van der Waals surface area contributed by atoms with Gasteiger partial charge in [-0.2, -0.15) is 0 Å². The van der Waals surface area contributed by atoms with Gasteiger partial charge in [-0.3, -0.25) is 0 Å². The highest BCUT2D eigenvalue weighted by atomic mass is 16.6. The first-order chi connectivity index (χ1) is 6.49. The zero-order valence-electron chi connectivity index (χ0n) is 7.70. The fraction of sp³-hybridized carbons (Fsp3) is 0.875. The van der Waals surface area contributed by atoms with Crippen molar-refractivity contribution in [2.24, 2.45) is 5.92 Å². The number of rotatable bonds is 3. The summed E-state index contributed by atoms with van der Waals surface area (Å²) in [6, 6.07) is 0. The molecule has 1 aliphatic rings. The maximum atomic E-state index is 10.6. The molecular weight excluding hydrogens is 192 g/mol. The number of carboxylic acid groups (broad SMARTS) is 1. The van der Waals surface area contributed by atoms with Gasteiger partial charge in [0.15, 0.2) is 6.10 Å². The summed E-state index contributed by atoms with van der Waals surface area (Å²) in [5, 5.41) is 36.1. The van der Waals surface area contributed by atoms with Gasteiger partial charge in [-0.25, -0.2) is 4.79 Å². The third-order valence-electron chi connectivity index (χ3n) is 2.47. The predicted octanol–water partition coefficient (Wildman–Crippen LogP) is -1.81. The van der Waals surface area contributed by atoms with E-state index in [1.165, 1.54) is 6.92 Å². The minimum atomic E-state index is -1.25. The van der Waals surface area contributed by atoms with Crippen LogP contribution < -0.4 is 0 Å². The highest BCUT2D eigenvalue weighted by molar-refractivity contribution is 5.73. The molecule has 0 unspecified atom stereocenters. The number of carbonyl (C=O) groups is 1. The zero-order chi connectivity index (χ0) is 10.9. The van der Waals surface area contributed by atoms with Crippen LogP contribution in [0.4, 0.5) is 0 Å². The smallest absolute Gasteiger partial charge is 0.333 e. The average Bonchev–Trinajstić information content (AvgIpc) is 2.43. The second kappa shape index (κ2) is 4.22. The highest BCUT2D eigenvalue weighted by Gasteiger charge is 2.47. The average molecular weight is 206 g/mol. The molecule has 5 atom stereocenters. The molecular formula is C8H14O6. The van der Waals surface area contributed by atoms with E-state index in [-0.39, 0.29) is 0 Å². The van der Waals surface area contributed by atoms with Crippen molar-refractivity contribution in [1.29, 1.82) is 0 Å². The maximum absolute atomic E-state index is 10.6. The summed E-state index contributed by atoms with van der Waals surface area (Å²) in [6.45, 7) is 0.953.